The summed E-state index contributed by atoms with van der Waals surface area (Å²) in [6.45, 7) is 2.19. The molecule has 0 aromatic carbocycles. The monoisotopic (exact) mass is 310 g/mol. The van der Waals surface area contributed by atoms with Gasteiger partial charge >= 0.3 is 5.97 Å². The van der Waals surface area contributed by atoms with Gasteiger partial charge in [-0.3, -0.25) is 0 Å². The lowest BCUT2D eigenvalue weighted by atomic mass is 10.0. The van der Waals surface area contributed by atoms with Crippen LogP contribution in [-0.4, -0.2) is 28.9 Å². The average molecular weight is 310 g/mol. The number of rotatable bonds is 14. The fraction of sp³-hybridized carbons (Fsp3) is 0.812. The van der Waals surface area contributed by atoms with E-state index in [2.05, 4.69) is 16.9 Å². The van der Waals surface area contributed by atoms with Crippen molar-refractivity contribution in [2.45, 2.75) is 83.2 Å². The first kappa shape index (κ1) is 20.2. The summed E-state index contributed by atoms with van der Waals surface area (Å²) < 4.78 is 0. The molecule has 0 saturated heterocycles. The number of aliphatic imine (C=N–C) groups is 2. The van der Waals surface area contributed by atoms with Crippen LogP contribution in [0.25, 0.3) is 0 Å². The Morgan fingerprint density at radius 3 is 1.64 bits per heavy atom. The van der Waals surface area contributed by atoms with Gasteiger partial charge in [0.25, 0.3) is 5.66 Å². The highest BCUT2D eigenvalue weighted by molar-refractivity contribution is 5.80. The van der Waals surface area contributed by atoms with Crippen LogP contribution in [0.3, 0.4) is 0 Å². The fourth-order valence-corrected chi connectivity index (χ4v) is 2.35. The highest BCUT2D eigenvalue weighted by atomic mass is 16.4. The minimum atomic E-state index is -2.04. The van der Waals surface area contributed by atoms with Gasteiger partial charge in [-0.1, -0.05) is 64.7 Å². The van der Waals surface area contributed by atoms with Crippen molar-refractivity contribution < 1.29 is 19.5 Å². The van der Waals surface area contributed by atoms with Gasteiger partial charge in [0.2, 0.25) is 12.2 Å². The van der Waals surface area contributed by atoms with Crippen LogP contribution in [0.4, 0.5) is 0 Å². The predicted molar refractivity (Wildman–Crippen MR) is 83.1 cm³/mol. The fourth-order valence-electron chi connectivity index (χ4n) is 2.35. The van der Waals surface area contributed by atoms with Crippen LogP contribution in [0.2, 0.25) is 0 Å². The predicted octanol–water partition coefficient (Wildman–Crippen LogP) is 3.75. The van der Waals surface area contributed by atoms with E-state index < -0.39 is 11.6 Å². The van der Waals surface area contributed by atoms with Crippen molar-refractivity contribution in [3.63, 3.8) is 0 Å². The van der Waals surface area contributed by atoms with E-state index >= 15 is 0 Å². The molecule has 6 heteroatoms. The maximum Gasteiger partial charge on any atom is 0.356 e. The largest absolute Gasteiger partial charge is 0.478 e. The first-order valence-corrected chi connectivity index (χ1v) is 8.04. The first-order chi connectivity index (χ1) is 10.6. The van der Waals surface area contributed by atoms with Crippen LogP contribution in [0.15, 0.2) is 9.98 Å². The minimum Gasteiger partial charge on any atom is -0.478 e. The summed E-state index contributed by atoms with van der Waals surface area (Å²) in [5, 5.41) is 9.08. The zero-order valence-electron chi connectivity index (χ0n) is 13.3. The number of carbonyl (C=O) groups is 1. The normalized spacial score (nSPS) is 12.8. The molecule has 0 rings (SSSR count). The Hall–Kier alpha value is -1.77. The molecule has 0 saturated carbocycles. The van der Waals surface area contributed by atoms with E-state index in [4.69, 9.17) is 5.11 Å². The highest BCUT2D eigenvalue weighted by Crippen LogP contribution is 2.22. The van der Waals surface area contributed by atoms with Crippen molar-refractivity contribution in [2.75, 3.05) is 0 Å². The van der Waals surface area contributed by atoms with Gasteiger partial charge in [0.1, 0.15) is 0 Å². The van der Waals surface area contributed by atoms with Crippen molar-refractivity contribution in [2.24, 2.45) is 9.98 Å². The van der Waals surface area contributed by atoms with Gasteiger partial charge in [-0.25, -0.2) is 14.4 Å². The third-order valence-electron chi connectivity index (χ3n) is 3.68. The first-order valence-electron chi connectivity index (χ1n) is 8.04. The van der Waals surface area contributed by atoms with Gasteiger partial charge in [-0.2, -0.15) is 9.98 Å². The summed E-state index contributed by atoms with van der Waals surface area (Å²) in [7, 11) is 0. The Morgan fingerprint density at radius 1 is 0.864 bits per heavy atom. The molecule has 0 aromatic rings. The number of nitrogens with zero attached hydrogens (tertiary/aromatic N) is 2. The molecular weight excluding hydrogens is 284 g/mol. The van der Waals surface area contributed by atoms with Crippen LogP contribution in [0.5, 0.6) is 0 Å². The number of hydrogen-bond acceptors (Lipinski definition) is 5. The van der Waals surface area contributed by atoms with Crippen LogP contribution < -0.4 is 0 Å². The van der Waals surface area contributed by atoms with E-state index in [0.29, 0.717) is 6.42 Å². The molecule has 1 N–H and O–H groups in total. The van der Waals surface area contributed by atoms with Crippen LogP contribution in [0, 0.1) is 0 Å². The Balaban J connectivity index is 3.93. The summed E-state index contributed by atoms with van der Waals surface area (Å²) in [5.41, 5.74) is -2.04. The molecule has 0 spiro atoms. The molecule has 0 aromatic heterocycles. The van der Waals surface area contributed by atoms with E-state index in [9.17, 15) is 14.4 Å². The average Bonchev–Trinajstić information content (AvgIpc) is 2.49. The number of hydrogen-bond donors (Lipinski definition) is 1. The maximum atomic E-state index is 11.1. The van der Waals surface area contributed by atoms with Crippen molar-refractivity contribution in [1.29, 1.82) is 0 Å². The quantitative estimate of drug-likeness (QED) is 0.300. The summed E-state index contributed by atoms with van der Waals surface area (Å²) in [4.78, 5) is 38.2. The second-order valence-corrected chi connectivity index (χ2v) is 5.46. The third kappa shape index (κ3) is 8.50. The lowest BCUT2D eigenvalue weighted by Crippen LogP contribution is -2.34. The second-order valence-electron chi connectivity index (χ2n) is 5.46. The van der Waals surface area contributed by atoms with Gasteiger partial charge in [0.05, 0.1) is 0 Å². The maximum absolute atomic E-state index is 11.1. The molecule has 0 aliphatic heterocycles. The van der Waals surface area contributed by atoms with E-state index in [0.717, 1.165) is 19.3 Å². The van der Waals surface area contributed by atoms with Gasteiger partial charge < -0.3 is 5.11 Å². The zero-order chi connectivity index (χ0) is 16.7. The van der Waals surface area contributed by atoms with Crippen molar-refractivity contribution in [3.05, 3.63) is 0 Å². The molecule has 0 atom stereocenters. The van der Waals surface area contributed by atoms with Gasteiger partial charge in [0.15, 0.2) is 0 Å². The molecule has 0 aliphatic rings. The summed E-state index contributed by atoms with van der Waals surface area (Å²) >= 11 is 0. The Bertz CT molecular complexity index is 387. The Labute approximate surface area is 131 Å². The van der Waals surface area contributed by atoms with E-state index in [1.54, 1.807) is 0 Å². The lowest BCUT2D eigenvalue weighted by Gasteiger charge is -2.16. The molecular formula is C16H26N2O4. The van der Waals surface area contributed by atoms with E-state index in [-0.39, 0.29) is 6.42 Å². The number of carboxylic acid groups (broad SMARTS) is 1. The lowest BCUT2D eigenvalue weighted by molar-refractivity contribution is -0.143. The molecule has 0 aliphatic carbocycles. The topological polar surface area (TPSA) is 96.2 Å². The van der Waals surface area contributed by atoms with Crippen LogP contribution >= 0.6 is 0 Å². The Morgan fingerprint density at radius 2 is 1.27 bits per heavy atom. The molecule has 0 heterocycles. The molecule has 124 valence electrons. The van der Waals surface area contributed by atoms with E-state index in [1.807, 2.05) is 0 Å². The number of isocyanates is 2. The molecule has 0 amide bonds. The van der Waals surface area contributed by atoms with Crippen molar-refractivity contribution in [3.8, 4) is 0 Å². The number of carbonyl (C=O) groups excluding carboxylic acids is 2. The highest BCUT2D eigenvalue weighted by Gasteiger charge is 2.38. The SMILES string of the molecule is CCCCCCCCCCCCC(N=C=O)(N=C=O)C(=O)O. The zero-order valence-corrected chi connectivity index (χ0v) is 13.3. The van der Waals surface area contributed by atoms with Gasteiger partial charge in [0, 0.05) is 6.42 Å². The molecule has 0 bridgehead atoms. The molecule has 0 unspecified atom stereocenters. The molecule has 22 heavy (non-hydrogen) atoms. The van der Waals surface area contributed by atoms with E-state index in [1.165, 1.54) is 50.7 Å². The number of unbranched alkanes of at least 4 members (excludes halogenated alkanes) is 9. The molecule has 0 radical (unpaired) electrons. The summed E-state index contributed by atoms with van der Waals surface area (Å²) in [6, 6.07) is 0. The molecule has 6 nitrogen and oxygen atoms in total. The minimum absolute atomic E-state index is 0.0172. The van der Waals surface area contributed by atoms with Gasteiger partial charge in [-0.05, 0) is 6.42 Å². The van der Waals surface area contributed by atoms with Crippen molar-refractivity contribution >= 4 is 18.1 Å². The second kappa shape index (κ2) is 12.9. The summed E-state index contributed by atoms with van der Waals surface area (Å²) in [6.07, 6.45) is 13.4. The summed E-state index contributed by atoms with van der Waals surface area (Å²) in [5.74, 6) is -1.42. The standard InChI is InChI=1S/C16H26N2O4/c1-2-3-4-5-6-7-8-9-10-11-12-16(15(21)22,17-13-19)18-14-20/h2-12H2,1H3,(H,21,22). The Kier molecular flexibility index (Phi) is 11.9. The molecule has 0 fully saturated rings. The van der Waals surface area contributed by atoms with Crippen molar-refractivity contribution in [1.82, 2.24) is 0 Å². The third-order valence-corrected chi connectivity index (χ3v) is 3.68. The number of aliphatic carboxylic acids is 1. The van der Waals surface area contributed by atoms with Crippen LogP contribution in [0.1, 0.15) is 77.6 Å². The number of carboxylic acids is 1. The van der Waals surface area contributed by atoms with Gasteiger partial charge in [-0.15, -0.1) is 0 Å². The smallest absolute Gasteiger partial charge is 0.356 e. The van der Waals surface area contributed by atoms with Crippen LogP contribution in [-0.2, 0) is 14.4 Å².